The SMILES string of the molecule is C=C=CC(O)c1ccc(Br)cc1. The molecular formula is C10H9BrO. The van der Waals surface area contributed by atoms with Crippen molar-refractivity contribution >= 4 is 15.9 Å². The fourth-order valence-electron chi connectivity index (χ4n) is 0.868. The average Bonchev–Trinajstić information content (AvgIpc) is 2.06. The second-order valence-corrected chi connectivity index (χ2v) is 3.28. The van der Waals surface area contributed by atoms with Gasteiger partial charge in [-0.25, -0.2) is 0 Å². The Kier molecular flexibility index (Phi) is 3.30. The minimum absolute atomic E-state index is 0.601. The molecule has 1 N–H and O–H groups in total. The lowest BCUT2D eigenvalue weighted by Crippen LogP contribution is -1.90. The molecule has 2 heteroatoms. The van der Waals surface area contributed by atoms with Gasteiger partial charge in [-0.15, -0.1) is 5.73 Å². The van der Waals surface area contributed by atoms with Gasteiger partial charge in [-0.05, 0) is 23.8 Å². The summed E-state index contributed by atoms with van der Waals surface area (Å²) in [5.41, 5.74) is 3.39. The Hall–Kier alpha value is -0.820. The van der Waals surface area contributed by atoms with E-state index >= 15 is 0 Å². The first-order valence-electron chi connectivity index (χ1n) is 3.53. The molecule has 0 aliphatic rings. The van der Waals surface area contributed by atoms with Gasteiger partial charge < -0.3 is 5.11 Å². The second-order valence-electron chi connectivity index (χ2n) is 2.37. The molecule has 1 unspecified atom stereocenters. The highest BCUT2D eigenvalue weighted by Gasteiger charge is 2.00. The molecule has 12 heavy (non-hydrogen) atoms. The van der Waals surface area contributed by atoms with Crippen LogP contribution < -0.4 is 0 Å². The zero-order valence-electron chi connectivity index (χ0n) is 6.50. The monoisotopic (exact) mass is 224 g/mol. The highest BCUT2D eigenvalue weighted by Crippen LogP contribution is 2.16. The maximum Gasteiger partial charge on any atom is 0.104 e. The van der Waals surface area contributed by atoms with Gasteiger partial charge >= 0.3 is 0 Å². The smallest absolute Gasteiger partial charge is 0.104 e. The number of rotatable bonds is 2. The van der Waals surface area contributed by atoms with Crippen molar-refractivity contribution in [1.82, 2.24) is 0 Å². The van der Waals surface area contributed by atoms with E-state index < -0.39 is 6.10 Å². The molecule has 0 amide bonds. The van der Waals surface area contributed by atoms with Gasteiger partial charge in [0.05, 0.1) is 0 Å². The van der Waals surface area contributed by atoms with Crippen molar-refractivity contribution in [3.63, 3.8) is 0 Å². The molecule has 0 fully saturated rings. The first-order valence-corrected chi connectivity index (χ1v) is 4.33. The van der Waals surface area contributed by atoms with Crippen molar-refractivity contribution in [2.45, 2.75) is 6.10 Å². The molecule has 0 aliphatic carbocycles. The predicted molar refractivity (Wildman–Crippen MR) is 52.8 cm³/mol. The van der Waals surface area contributed by atoms with Crippen LogP contribution in [0.1, 0.15) is 11.7 Å². The second kappa shape index (κ2) is 4.27. The lowest BCUT2D eigenvalue weighted by molar-refractivity contribution is 0.229. The molecule has 1 atom stereocenters. The summed E-state index contributed by atoms with van der Waals surface area (Å²) in [6.45, 7) is 3.39. The van der Waals surface area contributed by atoms with Crippen LogP contribution in [0.15, 0.2) is 47.1 Å². The largest absolute Gasteiger partial charge is 0.384 e. The minimum atomic E-state index is -0.601. The van der Waals surface area contributed by atoms with E-state index in [0.717, 1.165) is 10.0 Å². The third kappa shape index (κ3) is 2.35. The van der Waals surface area contributed by atoms with E-state index in [1.54, 1.807) is 0 Å². The van der Waals surface area contributed by atoms with Crippen molar-refractivity contribution in [3.05, 3.63) is 52.7 Å². The molecule has 0 heterocycles. The molecule has 0 radical (unpaired) electrons. The summed E-state index contributed by atoms with van der Waals surface area (Å²) in [6.07, 6.45) is 0.916. The normalized spacial score (nSPS) is 11.8. The zero-order chi connectivity index (χ0) is 8.97. The number of aliphatic hydroxyl groups excluding tert-OH is 1. The molecule has 1 rings (SSSR count). The van der Waals surface area contributed by atoms with Crippen molar-refractivity contribution in [2.75, 3.05) is 0 Å². The van der Waals surface area contributed by atoms with E-state index in [2.05, 4.69) is 28.2 Å². The lowest BCUT2D eigenvalue weighted by Gasteiger charge is -2.03. The maximum atomic E-state index is 9.44. The number of halogens is 1. The molecule has 1 nitrogen and oxygen atoms in total. The number of hydrogen-bond donors (Lipinski definition) is 1. The molecule has 62 valence electrons. The van der Waals surface area contributed by atoms with Crippen molar-refractivity contribution in [3.8, 4) is 0 Å². The molecule has 0 saturated heterocycles. The van der Waals surface area contributed by atoms with Gasteiger partial charge in [0.15, 0.2) is 0 Å². The van der Waals surface area contributed by atoms with Crippen LogP contribution >= 0.6 is 15.9 Å². The summed E-state index contributed by atoms with van der Waals surface area (Å²) in [4.78, 5) is 0. The van der Waals surface area contributed by atoms with Crippen molar-refractivity contribution in [1.29, 1.82) is 0 Å². The fraction of sp³-hybridized carbons (Fsp3) is 0.100. The van der Waals surface area contributed by atoms with Crippen LogP contribution in [0.5, 0.6) is 0 Å². The Bertz CT molecular complexity index is 296. The maximum absolute atomic E-state index is 9.44. The highest BCUT2D eigenvalue weighted by molar-refractivity contribution is 9.10. The van der Waals surface area contributed by atoms with E-state index in [1.807, 2.05) is 24.3 Å². The first-order chi connectivity index (χ1) is 5.74. The zero-order valence-corrected chi connectivity index (χ0v) is 8.08. The van der Waals surface area contributed by atoms with Gasteiger partial charge in [0, 0.05) is 4.47 Å². The van der Waals surface area contributed by atoms with Crippen LogP contribution in [-0.4, -0.2) is 5.11 Å². The van der Waals surface area contributed by atoms with Crippen LogP contribution in [-0.2, 0) is 0 Å². The Balaban J connectivity index is 2.89. The lowest BCUT2D eigenvalue weighted by atomic mass is 10.1. The number of hydrogen-bond acceptors (Lipinski definition) is 1. The van der Waals surface area contributed by atoms with Crippen molar-refractivity contribution < 1.29 is 5.11 Å². The Morgan fingerprint density at radius 1 is 1.42 bits per heavy atom. The van der Waals surface area contributed by atoms with E-state index in [4.69, 9.17) is 0 Å². The Morgan fingerprint density at radius 2 is 2.00 bits per heavy atom. The average molecular weight is 225 g/mol. The topological polar surface area (TPSA) is 20.2 Å². The van der Waals surface area contributed by atoms with Gasteiger partial charge in [0.1, 0.15) is 6.10 Å². The van der Waals surface area contributed by atoms with E-state index in [1.165, 1.54) is 6.08 Å². The van der Waals surface area contributed by atoms with Crippen LogP contribution in [0.3, 0.4) is 0 Å². The van der Waals surface area contributed by atoms with Gasteiger partial charge in [0.25, 0.3) is 0 Å². The number of aliphatic hydroxyl groups is 1. The number of benzene rings is 1. The van der Waals surface area contributed by atoms with Crippen LogP contribution in [0.25, 0.3) is 0 Å². The van der Waals surface area contributed by atoms with Gasteiger partial charge in [-0.2, -0.15) is 0 Å². The summed E-state index contributed by atoms with van der Waals surface area (Å²) in [6, 6.07) is 7.47. The third-order valence-corrected chi connectivity index (χ3v) is 2.02. The van der Waals surface area contributed by atoms with E-state index in [-0.39, 0.29) is 0 Å². The predicted octanol–water partition coefficient (Wildman–Crippen LogP) is 2.82. The molecule has 0 saturated carbocycles. The Morgan fingerprint density at radius 3 is 2.50 bits per heavy atom. The van der Waals surface area contributed by atoms with Gasteiger partial charge in [0.2, 0.25) is 0 Å². The molecule has 0 bridgehead atoms. The van der Waals surface area contributed by atoms with Gasteiger partial charge in [-0.3, -0.25) is 0 Å². The molecular weight excluding hydrogens is 216 g/mol. The minimum Gasteiger partial charge on any atom is -0.384 e. The summed E-state index contributed by atoms with van der Waals surface area (Å²) in [5, 5.41) is 9.44. The van der Waals surface area contributed by atoms with Crippen LogP contribution in [0.4, 0.5) is 0 Å². The summed E-state index contributed by atoms with van der Waals surface area (Å²) >= 11 is 3.31. The van der Waals surface area contributed by atoms with Crippen LogP contribution in [0, 0.1) is 0 Å². The summed E-state index contributed by atoms with van der Waals surface area (Å²) < 4.78 is 1.00. The Labute approximate surface area is 80.2 Å². The third-order valence-electron chi connectivity index (χ3n) is 1.49. The molecule has 0 spiro atoms. The standard InChI is InChI=1S/C10H9BrO/c1-2-3-10(12)8-4-6-9(11)7-5-8/h3-7,10,12H,1H2. The van der Waals surface area contributed by atoms with Crippen LogP contribution in [0.2, 0.25) is 0 Å². The van der Waals surface area contributed by atoms with E-state index in [9.17, 15) is 5.11 Å². The van der Waals surface area contributed by atoms with E-state index in [0.29, 0.717) is 0 Å². The first kappa shape index (κ1) is 9.27. The molecule has 0 aliphatic heterocycles. The summed E-state index contributed by atoms with van der Waals surface area (Å²) in [7, 11) is 0. The highest BCUT2D eigenvalue weighted by atomic mass is 79.9. The molecule has 0 aromatic heterocycles. The summed E-state index contributed by atoms with van der Waals surface area (Å²) in [5.74, 6) is 0. The molecule has 1 aromatic carbocycles. The quantitative estimate of drug-likeness (QED) is 0.767. The van der Waals surface area contributed by atoms with Crippen molar-refractivity contribution in [2.24, 2.45) is 0 Å². The van der Waals surface area contributed by atoms with Gasteiger partial charge in [-0.1, -0.05) is 34.6 Å². The molecule has 1 aromatic rings. The fourth-order valence-corrected chi connectivity index (χ4v) is 1.13.